The van der Waals surface area contributed by atoms with Crippen LogP contribution in [0.5, 0.6) is 0 Å². The third-order valence-electron chi connectivity index (χ3n) is 3.63. The fourth-order valence-corrected chi connectivity index (χ4v) is 2.67. The summed E-state index contributed by atoms with van der Waals surface area (Å²) >= 11 is 6.02. The molecule has 1 aromatic heterocycles. The van der Waals surface area contributed by atoms with Crippen molar-refractivity contribution in [2.24, 2.45) is 0 Å². The van der Waals surface area contributed by atoms with Crippen molar-refractivity contribution < 1.29 is 9.32 Å². The number of amides is 1. The van der Waals surface area contributed by atoms with Gasteiger partial charge in [0.05, 0.1) is 12.1 Å². The van der Waals surface area contributed by atoms with E-state index in [0.717, 1.165) is 23.8 Å². The predicted octanol–water partition coefficient (Wildman–Crippen LogP) is 2.22. The Morgan fingerprint density at radius 1 is 1.24 bits per heavy atom. The van der Waals surface area contributed by atoms with Crippen LogP contribution in [0.3, 0.4) is 0 Å². The maximum absolute atomic E-state index is 12.2. The van der Waals surface area contributed by atoms with Gasteiger partial charge in [-0.05, 0) is 18.2 Å². The number of hydrogen-bond acceptors (Lipinski definition) is 4. The average Bonchev–Trinajstić information content (AvgIpc) is 3.00. The van der Waals surface area contributed by atoms with E-state index in [9.17, 15) is 4.79 Å². The number of hydrogen-bond donors (Lipinski definition) is 0. The van der Waals surface area contributed by atoms with Crippen molar-refractivity contribution in [2.45, 2.75) is 6.42 Å². The molecule has 0 unspecified atom stereocenters. The third-order valence-corrected chi connectivity index (χ3v) is 3.86. The Morgan fingerprint density at radius 2 is 2.05 bits per heavy atom. The van der Waals surface area contributed by atoms with Gasteiger partial charge in [-0.15, -0.1) is 0 Å². The molecule has 0 N–H and O–H groups in total. The number of benzene rings is 1. The summed E-state index contributed by atoms with van der Waals surface area (Å²) in [5.74, 6) is 0.0923. The first-order valence-electron chi connectivity index (χ1n) is 6.90. The first-order chi connectivity index (χ1) is 10.2. The lowest BCUT2D eigenvalue weighted by Gasteiger charge is -2.36. The highest BCUT2D eigenvalue weighted by atomic mass is 35.5. The van der Waals surface area contributed by atoms with E-state index in [-0.39, 0.29) is 5.91 Å². The summed E-state index contributed by atoms with van der Waals surface area (Å²) in [7, 11) is 0. The van der Waals surface area contributed by atoms with Crippen LogP contribution in [0.15, 0.2) is 41.1 Å². The number of piperazine rings is 1. The molecular weight excluding hydrogens is 290 g/mol. The molecule has 3 rings (SSSR count). The molecule has 0 atom stereocenters. The molecule has 0 bridgehead atoms. The van der Waals surface area contributed by atoms with E-state index in [1.165, 1.54) is 6.26 Å². The molecule has 0 aliphatic carbocycles. The topological polar surface area (TPSA) is 49.6 Å². The molecule has 5 nitrogen and oxygen atoms in total. The van der Waals surface area contributed by atoms with Crippen molar-refractivity contribution in [3.63, 3.8) is 0 Å². The molecule has 6 heteroatoms. The molecule has 1 aromatic carbocycles. The molecule has 2 heterocycles. The molecule has 0 radical (unpaired) electrons. The summed E-state index contributed by atoms with van der Waals surface area (Å²) in [5, 5.41) is 4.51. The Labute approximate surface area is 128 Å². The van der Waals surface area contributed by atoms with Crippen LogP contribution in [0.25, 0.3) is 0 Å². The Bertz CT molecular complexity index is 607. The third kappa shape index (κ3) is 3.36. The highest BCUT2D eigenvalue weighted by Gasteiger charge is 2.22. The Hall–Kier alpha value is -2.01. The van der Waals surface area contributed by atoms with Gasteiger partial charge in [0.25, 0.3) is 0 Å². The van der Waals surface area contributed by atoms with Gasteiger partial charge in [-0.25, -0.2) is 0 Å². The van der Waals surface area contributed by atoms with Gasteiger partial charge in [-0.3, -0.25) is 4.79 Å². The van der Waals surface area contributed by atoms with Crippen molar-refractivity contribution in [3.8, 4) is 0 Å². The zero-order chi connectivity index (χ0) is 14.7. The standard InChI is InChI=1S/C15H16ClN3O2/c16-12-2-1-3-14(10-12)18-5-7-19(8-6-18)15(20)11-13-4-9-21-17-13/h1-4,9-10H,5-8,11H2. The van der Waals surface area contributed by atoms with E-state index in [2.05, 4.69) is 10.1 Å². The lowest BCUT2D eigenvalue weighted by atomic mass is 10.2. The van der Waals surface area contributed by atoms with Gasteiger partial charge < -0.3 is 14.3 Å². The largest absolute Gasteiger partial charge is 0.368 e. The van der Waals surface area contributed by atoms with E-state index in [1.807, 2.05) is 29.2 Å². The lowest BCUT2D eigenvalue weighted by molar-refractivity contribution is -0.130. The van der Waals surface area contributed by atoms with Crippen molar-refractivity contribution in [1.82, 2.24) is 10.1 Å². The lowest BCUT2D eigenvalue weighted by Crippen LogP contribution is -2.49. The van der Waals surface area contributed by atoms with Crippen LogP contribution >= 0.6 is 11.6 Å². The van der Waals surface area contributed by atoms with Gasteiger partial charge in [0.2, 0.25) is 5.91 Å². The van der Waals surface area contributed by atoms with Crippen LogP contribution < -0.4 is 4.90 Å². The number of nitrogens with zero attached hydrogens (tertiary/aromatic N) is 3. The monoisotopic (exact) mass is 305 g/mol. The van der Waals surface area contributed by atoms with E-state index in [0.29, 0.717) is 25.2 Å². The summed E-state index contributed by atoms with van der Waals surface area (Å²) in [6, 6.07) is 9.52. The minimum absolute atomic E-state index is 0.0923. The first kappa shape index (κ1) is 13.9. The van der Waals surface area contributed by atoms with Crippen molar-refractivity contribution >= 4 is 23.2 Å². The van der Waals surface area contributed by atoms with Gasteiger partial charge >= 0.3 is 0 Å². The number of rotatable bonds is 3. The summed E-state index contributed by atoms with van der Waals surface area (Å²) in [6.45, 7) is 3.04. The normalized spacial score (nSPS) is 15.3. The van der Waals surface area contributed by atoms with Crippen LogP contribution in [0.2, 0.25) is 5.02 Å². The second-order valence-corrected chi connectivity index (χ2v) is 5.45. The quantitative estimate of drug-likeness (QED) is 0.872. The van der Waals surface area contributed by atoms with Gasteiger partial charge in [0, 0.05) is 43.0 Å². The SMILES string of the molecule is O=C(Cc1ccon1)N1CCN(c2cccc(Cl)c2)CC1. The zero-order valence-electron chi connectivity index (χ0n) is 11.5. The summed E-state index contributed by atoms with van der Waals surface area (Å²) < 4.78 is 4.75. The Kier molecular flexibility index (Phi) is 4.10. The fourth-order valence-electron chi connectivity index (χ4n) is 2.48. The van der Waals surface area contributed by atoms with E-state index >= 15 is 0 Å². The average molecular weight is 306 g/mol. The molecule has 1 aliphatic rings. The van der Waals surface area contributed by atoms with Crippen LogP contribution in [0.4, 0.5) is 5.69 Å². The van der Waals surface area contributed by atoms with Crippen molar-refractivity contribution in [3.05, 3.63) is 47.3 Å². The first-order valence-corrected chi connectivity index (χ1v) is 7.28. The van der Waals surface area contributed by atoms with Gasteiger partial charge in [0.15, 0.2) is 0 Å². The van der Waals surface area contributed by atoms with Crippen LogP contribution in [0.1, 0.15) is 5.69 Å². The van der Waals surface area contributed by atoms with Crippen molar-refractivity contribution in [2.75, 3.05) is 31.1 Å². The molecular formula is C15H16ClN3O2. The second kappa shape index (κ2) is 6.18. The maximum atomic E-state index is 12.2. The summed E-state index contributed by atoms with van der Waals surface area (Å²) in [6.07, 6.45) is 1.79. The smallest absolute Gasteiger partial charge is 0.228 e. The number of carbonyl (C=O) groups excluding carboxylic acids is 1. The van der Waals surface area contributed by atoms with E-state index < -0.39 is 0 Å². The van der Waals surface area contributed by atoms with Gasteiger partial charge in [0.1, 0.15) is 6.26 Å². The number of carbonyl (C=O) groups is 1. The summed E-state index contributed by atoms with van der Waals surface area (Å²) in [5.41, 5.74) is 1.78. The van der Waals surface area contributed by atoms with Gasteiger partial charge in [-0.1, -0.05) is 22.8 Å². The summed E-state index contributed by atoms with van der Waals surface area (Å²) in [4.78, 5) is 16.3. The number of anilines is 1. The van der Waals surface area contributed by atoms with E-state index in [1.54, 1.807) is 6.07 Å². The zero-order valence-corrected chi connectivity index (χ0v) is 12.3. The predicted molar refractivity (Wildman–Crippen MR) is 80.5 cm³/mol. The highest BCUT2D eigenvalue weighted by molar-refractivity contribution is 6.30. The molecule has 110 valence electrons. The minimum Gasteiger partial charge on any atom is -0.368 e. The minimum atomic E-state index is 0.0923. The molecule has 1 aliphatic heterocycles. The molecule has 21 heavy (non-hydrogen) atoms. The molecule has 2 aromatic rings. The molecule has 1 amide bonds. The molecule has 0 saturated carbocycles. The van der Waals surface area contributed by atoms with Crippen molar-refractivity contribution in [1.29, 1.82) is 0 Å². The second-order valence-electron chi connectivity index (χ2n) is 5.02. The fraction of sp³-hybridized carbons (Fsp3) is 0.333. The number of aromatic nitrogens is 1. The Morgan fingerprint density at radius 3 is 2.71 bits per heavy atom. The molecule has 1 saturated heterocycles. The number of halogens is 1. The van der Waals surface area contributed by atoms with Crippen LogP contribution in [0, 0.1) is 0 Å². The van der Waals surface area contributed by atoms with E-state index in [4.69, 9.17) is 16.1 Å². The maximum Gasteiger partial charge on any atom is 0.228 e. The Balaban J connectivity index is 1.56. The van der Waals surface area contributed by atoms with Gasteiger partial charge in [-0.2, -0.15) is 0 Å². The molecule has 1 fully saturated rings. The highest BCUT2D eigenvalue weighted by Crippen LogP contribution is 2.20. The molecule has 0 spiro atoms. The van der Waals surface area contributed by atoms with Crippen LogP contribution in [-0.2, 0) is 11.2 Å². The van der Waals surface area contributed by atoms with Crippen LogP contribution in [-0.4, -0.2) is 42.1 Å².